The molecule has 0 radical (unpaired) electrons. The number of hydrogen-bond donors (Lipinski definition) is 1. The minimum Gasteiger partial charge on any atom is -0.374 e. The lowest BCUT2D eigenvalue weighted by Gasteiger charge is -2.24. The van der Waals surface area contributed by atoms with Gasteiger partial charge < -0.3 is 10.6 Å². The monoisotopic (exact) mass is 270 g/mol. The lowest BCUT2D eigenvalue weighted by molar-refractivity contribution is 0.589. The molecule has 1 aromatic rings. The maximum Gasteiger partial charge on any atom is 0.0404 e. The average molecular weight is 271 g/mol. The first kappa shape index (κ1) is 12.5. The molecular formula is C12H19BrN2. The highest BCUT2D eigenvalue weighted by molar-refractivity contribution is 9.10. The Morgan fingerprint density at radius 1 is 1.47 bits per heavy atom. The number of hydrogen-bond acceptors (Lipinski definition) is 2. The first-order chi connectivity index (χ1) is 7.04. The largest absolute Gasteiger partial charge is 0.374 e. The van der Waals surface area contributed by atoms with Gasteiger partial charge in [0.2, 0.25) is 0 Å². The van der Waals surface area contributed by atoms with Crippen molar-refractivity contribution in [2.24, 2.45) is 11.7 Å². The van der Waals surface area contributed by atoms with E-state index in [0.717, 1.165) is 17.6 Å². The van der Waals surface area contributed by atoms with Crippen LogP contribution in [0.5, 0.6) is 0 Å². The van der Waals surface area contributed by atoms with Gasteiger partial charge in [-0.15, -0.1) is 0 Å². The van der Waals surface area contributed by atoms with Crippen molar-refractivity contribution in [3.63, 3.8) is 0 Å². The van der Waals surface area contributed by atoms with Gasteiger partial charge in [0.05, 0.1) is 0 Å². The maximum absolute atomic E-state index is 5.63. The van der Waals surface area contributed by atoms with Crippen LogP contribution in [0.2, 0.25) is 0 Å². The summed E-state index contributed by atoms with van der Waals surface area (Å²) in [4.78, 5) is 2.26. The van der Waals surface area contributed by atoms with Gasteiger partial charge >= 0.3 is 0 Å². The van der Waals surface area contributed by atoms with E-state index in [1.807, 2.05) is 0 Å². The van der Waals surface area contributed by atoms with Gasteiger partial charge in [-0.05, 0) is 37.1 Å². The smallest absolute Gasteiger partial charge is 0.0404 e. The third kappa shape index (κ3) is 3.50. The van der Waals surface area contributed by atoms with Crippen molar-refractivity contribution >= 4 is 21.6 Å². The van der Waals surface area contributed by atoms with Gasteiger partial charge in [-0.3, -0.25) is 0 Å². The highest BCUT2D eigenvalue weighted by Gasteiger charge is 2.08. The second-order valence-electron chi connectivity index (χ2n) is 4.15. The fourth-order valence-corrected chi connectivity index (χ4v) is 1.98. The quantitative estimate of drug-likeness (QED) is 0.912. The van der Waals surface area contributed by atoms with Gasteiger partial charge in [0, 0.05) is 23.8 Å². The molecule has 3 heteroatoms. The zero-order valence-corrected chi connectivity index (χ0v) is 11.2. The molecule has 0 saturated carbocycles. The molecule has 2 nitrogen and oxygen atoms in total. The first-order valence-electron chi connectivity index (χ1n) is 5.22. The zero-order chi connectivity index (χ0) is 11.4. The number of nitrogens with zero attached hydrogens (tertiary/aromatic N) is 1. The number of halogens is 1. The van der Waals surface area contributed by atoms with Gasteiger partial charge in [0.15, 0.2) is 0 Å². The molecule has 0 fully saturated rings. The molecule has 0 aromatic heterocycles. The number of anilines is 1. The Morgan fingerprint density at radius 2 is 2.13 bits per heavy atom. The zero-order valence-electron chi connectivity index (χ0n) is 9.63. The van der Waals surface area contributed by atoms with Crippen molar-refractivity contribution in [3.8, 4) is 0 Å². The average Bonchev–Trinajstić information content (AvgIpc) is 2.21. The van der Waals surface area contributed by atoms with Crippen LogP contribution in [0.3, 0.4) is 0 Å². The second-order valence-corrected chi connectivity index (χ2v) is 5.07. The van der Waals surface area contributed by atoms with Crippen LogP contribution in [0.1, 0.15) is 12.5 Å². The summed E-state index contributed by atoms with van der Waals surface area (Å²) in [5, 5.41) is 0. The Labute approximate surface area is 101 Å². The number of nitrogens with two attached hydrogens (primary N) is 1. The van der Waals surface area contributed by atoms with Crippen molar-refractivity contribution in [2.45, 2.75) is 13.8 Å². The van der Waals surface area contributed by atoms with Gasteiger partial charge in [-0.1, -0.05) is 28.9 Å². The summed E-state index contributed by atoms with van der Waals surface area (Å²) in [6.07, 6.45) is 0. The second kappa shape index (κ2) is 5.52. The Morgan fingerprint density at radius 3 is 2.73 bits per heavy atom. The summed E-state index contributed by atoms with van der Waals surface area (Å²) in [7, 11) is 2.11. The molecule has 84 valence electrons. The molecule has 0 spiro atoms. The van der Waals surface area contributed by atoms with E-state index in [1.54, 1.807) is 0 Å². The third-order valence-electron chi connectivity index (χ3n) is 2.57. The molecule has 2 N–H and O–H groups in total. The maximum atomic E-state index is 5.63. The Balaban J connectivity index is 2.80. The van der Waals surface area contributed by atoms with Gasteiger partial charge in [-0.2, -0.15) is 0 Å². The number of benzene rings is 1. The SMILES string of the molecule is Cc1ccc(Br)cc1N(C)CC(C)CN. The van der Waals surface area contributed by atoms with Crippen LogP contribution < -0.4 is 10.6 Å². The van der Waals surface area contributed by atoms with Crippen LogP contribution in [0.25, 0.3) is 0 Å². The predicted molar refractivity (Wildman–Crippen MR) is 70.4 cm³/mol. The van der Waals surface area contributed by atoms with Crippen molar-refractivity contribution in [2.75, 3.05) is 25.0 Å². The number of rotatable bonds is 4. The highest BCUT2D eigenvalue weighted by atomic mass is 79.9. The first-order valence-corrected chi connectivity index (χ1v) is 6.01. The standard InChI is InChI=1S/C12H19BrN2/c1-9(7-14)8-15(3)12-6-11(13)5-4-10(12)2/h4-6,9H,7-8,14H2,1-3H3. The Hall–Kier alpha value is -0.540. The fourth-order valence-electron chi connectivity index (χ4n) is 1.63. The van der Waals surface area contributed by atoms with Gasteiger partial charge in [0.1, 0.15) is 0 Å². The molecule has 1 aromatic carbocycles. The van der Waals surface area contributed by atoms with Crippen molar-refractivity contribution in [1.82, 2.24) is 0 Å². The molecule has 1 atom stereocenters. The number of aryl methyl sites for hydroxylation is 1. The summed E-state index contributed by atoms with van der Waals surface area (Å²) in [6.45, 7) is 6.03. The third-order valence-corrected chi connectivity index (χ3v) is 3.06. The van der Waals surface area contributed by atoms with Crippen molar-refractivity contribution in [1.29, 1.82) is 0 Å². The van der Waals surface area contributed by atoms with Crippen LogP contribution in [0, 0.1) is 12.8 Å². The van der Waals surface area contributed by atoms with E-state index in [-0.39, 0.29) is 0 Å². The lowest BCUT2D eigenvalue weighted by Crippen LogP contribution is -2.28. The molecular weight excluding hydrogens is 252 g/mol. The molecule has 0 bridgehead atoms. The highest BCUT2D eigenvalue weighted by Crippen LogP contribution is 2.24. The minimum atomic E-state index is 0.522. The van der Waals surface area contributed by atoms with E-state index in [2.05, 4.69) is 59.9 Å². The van der Waals surface area contributed by atoms with Crippen LogP contribution in [-0.4, -0.2) is 20.1 Å². The topological polar surface area (TPSA) is 29.3 Å². The van der Waals surface area contributed by atoms with Crippen LogP contribution in [-0.2, 0) is 0 Å². The Bertz CT molecular complexity index is 325. The summed E-state index contributed by atoms with van der Waals surface area (Å²) in [6, 6.07) is 6.35. The van der Waals surface area contributed by atoms with Gasteiger partial charge in [-0.25, -0.2) is 0 Å². The molecule has 0 aliphatic rings. The summed E-state index contributed by atoms with van der Waals surface area (Å²) in [5.74, 6) is 0.522. The van der Waals surface area contributed by atoms with E-state index >= 15 is 0 Å². The minimum absolute atomic E-state index is 0.522. The summed E-state index contributed by atoms with van der Waals surface area (Å²) < 4.78 is 1.12. The van der Waals surface area contributed by atoms with Crippen molar-refractivity contribution in [3.05, 3.63) is 28.2 Å². The molecule has 1 rings (SSSR count). The molecule has 15 heavy (non-hydrogen) atoms. The van der Waals surface area contributed by atoms with Crippen molar-refractivity contribution < 1.29 is 0 Å². The predicted octanol–water partition coefficient (Wildman–Crippen LogP) is 2.79. The summed E-state index contributed by atoms with van der Waals surface area (Å²) >= 11 is 3.50. The lowest BCUT2D eigenvalue weighted by atomic mass is 10.1. The molecule has 0 saturated heterocycles. The molecule has 0 aliphatic carbocycles. The van der Waals surface area contributed by atoms with E-state index in [0.29, 0.717) is 5.92 Å². The molecule has 0 aliphatic heterocycles. The molecule has 1 unspecified atom stereocenters. The van der Waals surface area contributed by atoms with E-state index in [4.69, 9.17) is 5.73 Å². The van der Waals surface area contributed by atoms with Crippen LogP contribution >= 0.6 is 15.9 Å². The van der Waals surface area contributed by atoms with E-state index in [9.17, 15) is 0 Å². The normalized spacial score (nSPS) is 12.6. The molecule has 0 amide bonds. The van der Waals surface area contributed by atoms with E-state index in [1.165, 1.54) is 11.3 Å². The summed E-state index contributed by atoms with van der Waals surface area (Å²) in [5.41, 5.74) is 8.19. The van der Waals surface area contributed by atoms with Crippen LogP contribution in [0.4, 0.5) is 5.69 Å². The van der Waals surface area contributed by atoms with Crippen LogP contribution in [0.15, 0.2) is 22.7 Å². The molecule has 0 heterocycles. The van der Waals surface area contributed by atoms with E-state index < -0.39 is 0 Å². The van der Waals surface area contributed by atoms with Gasteiger partial charge in [0.25, 0.3) is 0 Å². The Kier molecular flexibility index (Phi) is 4.61. The fraction of sp³-hybridized carbons (Fsp3) is 0.500.